The van der Waals surface area contributed by atoms with Crippen molar-refractivity contribution in [1.82, 2.24) is 15.5 Å². The maximum atomic E-state index is 15.1. The van der Waals surface area contributed by atoms with Crippen molar-refractivity contribution in [3.05, 3.63) is 66.2 Å². The molecule has 7 heteroatoms. The molecule has 1 spiro atoms. The molecule has 2 aliphatic rings. The fourth-order valence-corrected chi connectivity index (χ4v) is 5.00. The number of nitrogens with one attached hydrogen (secondary N) is 2. The third-order valence-corrected chi connectivity index (χ3v) is 6.87. The number of nitrogens with zero attached hydrogens (tertiary/aromatic N) is 2. The number of anilines is 1. The third-order valence-electron chi connectivity index (χ3n) is 6.87. The molecule has 2 unspecified atom stereocenters. The number of benzene rings is 2. The van der Waals surface area contributed by atoms with E-state index in [1.807, 2.05) is 36.4 Å². The lowest BCUT2D eigenvalue weighted by atomic mass is 9.85. The molecule has 176 valence electrons. The first kappa shape index (κ1) is 23.4. The van der Waals surface area contributed by atoms with E-state index in [9.17, 15) is 9.59 Å². The number of Topliss-reactive ketones (excluding diaryl/α,β-unsaturated/α-hetero) is 1. The van der Waals surface area contributed by atoms with E-state index in [0.29, 0.717) is 38.2 Å². The Labute approximate surface area is 195 Å². The molecular weight excluding hydrogens is 419 g/mol. The SMILES string of the molecule is CCCNC(CC(F)C(=O)c1ccccc1)N1CCC2(CC1)C(=O)NCN2c1ccccc1. The largest absolute Gasteiger partial charge is 0.339 e. The highest BCUT2D eigenvalue weighted by atomic mass is 19.1. The second kappa shape index (κ2) is 10.4. The number of hydrogen-bond acceptors (Lipinski definition) is 5. The van der Waals surface area contributed by atoms with E-state index < -0.39 is 17.5 Å². The maximum Gasteiger partial charge on any atom is 0.247 e. The van der Waals surface area contributed by atoms with Gasteiger partial charge in [-0.3, -0.25) is 14.5 Å². The molecule has 4 rings (SSSR count). The smallest absolute Gasteiger partial charge is 0.247 e. The molecule has 6 nitrogen and oxygen atoms in total. The molecule has 0 bridgehead atoms. The number of rotatable bonds is 9. The molecule has 2 N–H and O–H groups in total. The zero-order chi connectivity index (χ0) is 23.3. The molecular formula is C26H33FN4O2. The zero-order valence-corrected chi connectivity index (χ0v) is 19.2. The normalized spacial score (nSPS) is 19.9. The summed E-state index contributed by atoms with van der Waals surface area (Å²) in [5, 5.41) is 6.45. The van der Waals surface area contributed by atoms with Gasteiger partial charge in [-0.25, -0.2) is 4.39 Å². The number of ketones is 1. The quantitative estimate of drug-likeness (QED) is 0.572. The molecule has 2 heterocycles. The molecule has 2 fully saturated rings. The van der Waals surface area contributed by atoms with Gasteiger partial charge in [-0.05, 0) is 37.9 Å². The highest BCUT2D eigenvalue weighted by Gasteiger charge is 2.51. The Hall–Kier alpha value is -2.77. The molecule has 2 aromatic rings. The second-order valence-corrected chi connectivity index (χ2v) is 8.90. The van der Waals surface area contributed by atoms with Gasteiger partial charge in [-0.15, -0.1) is 0 Å². The molecule has 2 aliphatic heterocycles. The highest BCUT2D eigenvalue weighted by molar-refractivity contribution is 5.99. The Kier molecular flexibility index (Phi) is 7.40. The summed E-state index contributed by atoms with van der Waals surface area (Å²) < 4.78 is 15.1. The van der Waals surface area contributed by atoms with Crippen molar-refractivity contribution in [3.63, 3.8) is 0 Å². The lowest BCUT2D eigenvalue weighted by Gasteiger charge is -2.45. The molecule has 0 radical (unpaired) electrons. The van der Waals surface area contributed by atoms with Crippen molar-refractivity contribution < 1.29 is 14.0 Å². The van der Waals surface area contributed by atoms with E-state index in [4.69, 9.17) is 0 Å². The summed E-state index contributed by atoms with van der Waals surface area (Å²) in [5.41, 5.74) is 0.850. The molecule has 33 heavy (non-hydrogen) atoms. The standard InChI is InChI=1S/C26H33FN4O2/c1-2-15-28-23(18-22(27)24(32)20-9-5-3-6-10-20)30-16-13-26(14-17-30)25(33)29-19-31(26)21-11-7-4-8-12-21/h3-12,22-23,28H,2,13-19H2,1H3,(H,29,33). The van der Waals surface area contributed by atoms with Crippen molar-refractivity contribution in [2.45, 2.75) is 50.5 Å². The maximum absolute atomic E-state index is 15.1. The summed E-state index contributed by atoms with van der Waals surface area (Å²) >= 11 is 0. The van der Waals surface area contributed by atoms with Crippen molar-refractivity contribution in [2.24, 2.45) is 0 Å². The van der Waals surface area contributed by atoms with Crippen LogP contribution in [0.5, 0.6) is 0 Å². The van der Waals surface area contributed by atoms with Gasteiger partial charge in [0.15, 0.2) is 12.0 Å². The minimum absolute atomic E-state index is 0.0618. The number of para-hydroxylation sites is 1. The van der Waals surface area contributed by atoms with Gasteiger partial charge >= 0.3 is 0 Å². The monoisotopic (exact) mass is 452 g/mol. The van der Waals surface area contributed by atoms with Gasteiger partial charge in [-0.2, -0.15) is 0 Å². The summed E-state index contributed by atoms with van der Waals surface area (Å²) in [4.78, 5) is 29.9. The molecule has 2 saturated heterocycles. The third kappa shape index (κ3) is 4.94. The summed E-state index contributed by atoms with van der Waals surface area (Å²) in [6, 6.07) is 18.6. The van der Waals surface area contributed by atoms with Crippen LogP contribution in [0, 0.1) is 0 Å². The van der Waals surface area contributed by atoms with Gasteiger partial charge < -0.3 is 15.5 Å². The number of halogens is 1. The first-order chi connectivity index (χ1) is 16.0. The lowest BCUT2D eigenvalue weighted by Crippen LogP contribution is -2.60. The average molecular weight is 453 g/mol. The fourth-order valence-electron chi connectivity index (χ4n) is 5.00. The lowest BCUT2D eigenvalue weighted by molar-refractivity contribution is -0.125. The van der Waals surface area contributed by atoms with Gasteiger partial charge in [0.05, 0.1) is 12.8 Å². The highest BCUT2D eigenvalue weighted by Crippen LogP contribution is 2.36. The van der Waals surface area contributed by atoms with Crippen LogP contribution in [-0.2, 0) is 4.79 Å². The molecule has 0 saturated carbocycles. The van der Waals surface area contributed by atoms with Crippen molar-refractivity contribution in [3.8, 4) is 0 Å². The van der Waals surface area contributed by atoms with Crippen LogP contribution < -0.4 is 15.5 Å². The zero-order valence-electron chi connectivity index (χ0n) is 19.2. The Morgan fingerprint density at radius 3 is 2.36 bits per heavy atom. The van der Waals surface area contributed by atoms with Crippen molar-refractivity contribution >= 4 is 17.4 Å². The van der Waals surface area contributed by atoms with Gasteiger partial charge in [0.25, 0.3) is 0 Å². The fraction of sp³-hybridized carbons (Fsp3) is 0.462. The van der Waals surface area contributed by atoms with Crippen molar-refractivity contribution in [1.29, 1.82) is 0 Å². The number of hydrogen-bond donors (Lipinski definition) is 2. The summed E-state index contributed by atoms with van der Waals surface area (Å²) in [7, 11) is 0. The van der Waals surface area contributed by atoms with Crippen LogP contribution in [-0.4, -0.2) is 60.8 Å². The Bertz CT molecular complexity index is 932. The first-order valence-electron chi connectivity index (χ1n) is 11.9. The molecule has 2 aromatic carbocycles. The van der Waals surface area contributed by atoms with Gasteiger partial charge in [-0.1, -0.05) is 55.5 Å². The van der Waals surface area contributed by atoms with E-state index in [2.05, 4.69) is 27.4 Å². The predicted octanol–water partition coefficient (Wildman–Crippen LogP) is 3.35. The topological polar surface area (TPSA) is 64.7 Å². The van der Waals surface area contributed by atoms with Crippen LogP contribution in [0.15, 0.2) is 60.7 Å². The predicted molar refractivity (Wildman–Crippen MR) is 128 cm³/mol. The minimum Gasteiger partial charge on any atom is -0.339 e. The van der Waals surface area contributed by atoms with E-state index in [0.717, 1.165) is 18.7 Å². The number of amides is 1. The van der Waals surface area contributed by atoms with Crippen LogP contribution in [0.4, 0.5) is 10.1 Å². The van der Waals surface area contributed by atoms with Crippen LogP contribution in [0.25, 0.3) is 0 Å². The van der Waals surface area contributed by atoms with E-state index in [1.165, 1.54) is 0 Å². The van der Waals surface area contributed by atoms with Gasteiger partial charge in [0.2, 0.25) is 5.91 Å². The average Bonchev–Trinajstić information content (AvgIpc) is 3.18. The number of piperidine rings is 1. The van der Waals surface area contributed by atoms with E-state index in [-0.39, 0.29) is 18.5 Å². The van der Waals surface area contributed by atoms with Crippen LogP contribution >= 0.6 is 0 Å². The number of carbonyl (C=O) groups is 2. The van der Waals surface area contributed by atoms with Crippen LogP contribution in [0.1, 0.15) is 43.0 Å². The second-order valence-electron chi connectivity index (χ2n) is 8.90. The Balaban J connectivity index is 1.45. The Morgan fingerprint density at radius 2 is 1.73 bits per heavy atom. The summed E-state index contributed by atoms with van der Waals surface area (Å²) in [5.74, 6) is -0.413. The minimum atomic E-state index is -1.58. The van der Waals surface area contributed by atoms with E-state index >= 15 is 4.39 Å². The molecule has 2 atom stereocenters. The molecule has 0 aromatic heterocycles. The number of alkyl halides is 1. The van der Waals surface area contributed by atoms with E-state index in [1.54, 1.807) is 24.3 Å². The summed E-state index contributed by atoms with van der Waals surface area (Å²) in [6.45, 7) is 4.63. The van der Waals surface area contributed by atoms with Gasteiger partial charge in [0, 0.05) is 30.8 Å². The van der Waals surface area contributed by atoms with Crippen LogP contribution in [0.2, 0.25) is 0 Å². The summed E-state index contributed by atoms with van der Waals surface area (Å²) in [6.07, 6.45) is 0.494. The van der Waals surface area contributed by atoms with Gasteiger partial charge in [0.1, 0.15) is 5.54 Å². The van der Waals surface area contributed by atoms with Crippen molar-refractivity contribution in [2.75, 3.05) is 31.2 Å². The molecule has 1 amide bonds. The molecule has 0 aliphatic carbocycles. The van der Waals surface area contributed by atoms with Crippen LogP contribution in [0.3, 0.4) is 0 Å². The Morgan fingerprint density at radius 1 is 1.09 bits per heavy atom. The first-order valence-corrected chi connectivity index (χ1v) is 11.9. The number of likely N-dealkylation sites (tertiary alicyclic amines) is 1. The number of carbonyl (C=O) groups excluding carboxylic acids is 2.